The summed E-state index contributed by atoms with van der Waals surface area (Å²) in [7, 11) is 1.98. The van der Waals surface area contributed by atoms with E-state index in [1.165, 1.54) is 0 Å². The molecule has 8 heteroatoms. The van der Waals surface area contributed by atoms with E-state index in [1.807, 2.05) is 29.8 Å². The molecule has 0 N–H and O–H groups in total. The van der Waals surface area contributed by atoms with Gasteiger partial charge in [-0.2, -0.15) is 0 Å². The topological polar surface area (TPSA) is 54.5 Å². The van der Waals surface area contributed by atoms with Crippen LogP contribution in [0, 0.1) is 10.1 Å². The molecule has 0 atom stereocenters. The van der Waals surface area contributed by atoms with Gasteiger partial charge >= 0.3 is 0 Å². The number of hydrogen-bond acceptors (Lipinski definition) is 4. The Balaban J connectivity index is 1.42. The molecule has 0 saturated carbocycles. The number of fused-ring (bicyclic) bond motifs is 1. The Kier molecular flexibility index (Phi) is 5.79. The number of nitro groups is 1. The highest BCUT2D eigenvalue weighted by Crippen LogP contribution is 2.27. The highest BCUT2D eigenvalue weighted by molar-refractivity contribution is 6.35. The van der Waals surface area contributed by atoms with Crippen LogP contribution in [0.15, 0.2) is 42.6 Å². The molecule has 1 saturated heterocycles. The fourth-order valence-electron chi connectivity index (χ4n) is 3.94. The molecule has 3 aromatic rings. The van der Waals surface area contributed by atoms with Gasteiger partial charge in [0.2, 0.25) is 0 Å². The number of non-ortho nitro benzene ring substituents is 1. The minimum absolute atomic E-state index is 0.134. The molecular formula is C21H22Cl2N4O2. The zero-order valence-electron chi connectivity index (χ0n) is 16.1. The third-order valence-electron chi connectivity index (χ3n) is 5.53. The molecule has 1 aliphatic rings. The second-order valence-electron chi connectivity index (χ2n) is 7.51. The molecule has 0 bridgehead atoms. The van der Waals surface area contributed by atoms with Gasteiger partial charge in [-0.25, -0.2) is 0 Å². The fourth-order valence-corrected chi connectivity index (χ4v) is 4.41. The number of aromatic nitrogens is 1. The Bertz CT molecular complexity index is 1060. The molecule has 0 amide bonds. The normalized spacial score (nSPS) is 15.8. The van der Waals surface area contributed by atoms with Crippen molar-refractivity contribution < 1.29 is 4.92 Å². The monoisotopic (exact) mass is 432 g/mol. The van der Waals surface area contributed by atoms with Crippen molar-refractivity contribution in [3.8, 4) is 0 Å². The van der Waals surface area contributed by atoms with Gasteiger partial charge < -0.3 is 4.57 Å². The van der Waals surface area contributed by atoms with Crippen LogP contribution < -0.4 is 0 Å². The number of hydrogen-bond donors (Lipinski definition) is 0. The number of nitro benzene ring substituents is 1. The lowest BCUT2D eigenvalue weighted by Gasteiger charge is -2.34. The predicted molar refractivity (Wildman–Crippen MR) is 117 cm³/mol. The molecule has 1 aliphatic heterocycles. The van der Waals surface area contributed by atoms with Gasteiger partial charge in [0.25, 0.3) is 5.69 Å². The van der Waals surface area contributed by atoms with Gasteiger partial charge in [0.1, 0.15) is 0 Å². The first-order chi connectivity index (χ1) is 13.9. The summed E-state index contributed by atoms with van der Waals surface area (Å²) in [5.41, 5.74) is 3.36. The minimum atomic E-state index is -0.336. The van der Waals surface area contributed by atoms with Crippen LogP contribution in [-0.2, 0) is 20.1 Å². The largest absolute Gasteiger partial charge is 0.350 e. The molecule has 0 unspecified atom stereocenters. The summed E-state index contributed by atoms with van der Waals surface area (Å²) in [5.74, 6) is 0. The third kappa shape index (κ3) is 4.41. The van der Waals surface area contributed by atoms with Crippen LogP contribution in [0.2, 0.25) is 10.0 Å². The number of nitrogens with zero attached hydrogens (tertiary/aromatic N) is 4. The minimum Gasteiger partial charge on any atom is -0.350 e. The van der Waals surface area contributed by atoms with Crippen molar-refractivity contribution in [1.82, 2.24) is 14.4 Å². The summed E-state index contributed by atoms with van der Waals surface area (Å²) >= 11 is 12.3. The van der Waals surface area contributed by atoms with Gasteiger partial charge in [-0.1, -0.05) is 29.3 Å². The lowest BCUT2D eigenvalue weighted by molar-refractivity contribution is -0.384. The van der Waals surface area contributed by atoms with E-state index >= 15 is 0 Å². The zero-order valence-corrected chi connectivity index (χ0v) is 17.7. The fraction of sp³-hybridized carbons (Fsp3) is 0.333. The second-order valence-corrected chi connectivity index (χ2v) is 8.36. The van der Waals surface area contributed by atoms with Crippen LogP contribution in [0.5, 0.6) is 0 Å². The van der Waals surface area contributed by atoms with E-state index in [0.29, 0.717) is 10.0 Å². The number of halogens is 2. The van der Waals surface area contributed by atoms with E-state index in [1.54, 1.807) is 18.2 Å². The third-order valence-corrected chi connectivity index (χ3v) is 6.12. The number of piperazine rings is 1. The Morgan fingerprint density at radius 1 is 0.966 bits per heavy atom. The molecule has 6 nitrogen and oxygen atoms in total. The average molecular weight is 433 g/mol. The standard InChI is InChI=1S/C21H22Cl2N4O2/c1-24-12-16(19-11-18(27(28)29)4-5-21(19)24)14-26-8-6-25(7-9-26)13-15-2-3-17(22)10-20(15)23/h2-5,10-12H,6-9,13-14H2,1H3. The van der Waals surface area contributed by atoms with E-state index in [4.69, 9.17) is 23.2 Å². The highest BCUT2D eigenvalue weighted by Gasteiger charge is 2.20. The van der Waals surface area contributed by atoms with Crippen LogP contribution in [0.3, 0.4) is 0 Å². The van der Waals surface area contributed by atoms with Gasteiger partial charge in [0.05, 0.1) is 4.92 Å². The Morgan fingerprint density at radius 3 is 2.24 bits per heavy atom. The maximum Gasteiger partial charge on any atom is 0.270 e. The molecule has 0 aliphatic carbocycles. The summed E-state index contributed by atoms with van der Waals surface area (Å²) in [6.07, 6.45) is 2.08. The molecule has 1 fully saturated rings. The molecule has 0 radical (unpaired) electrons. The summed E-state index contributed by atoms with van der Waals surface area (Å²) < 4.78 is 2.03. The summed E-state index contributed by atoms with van der Waals surface area (Å²) in [4.78, 5) is 15.6. The summed E-state index contributed by atoms with van der Waals surface area (Å²) in [5, 5.41) is 13.5. The van der Waals surface area contributed by atoms with Crippen LogP contribution in [0.25, 0.3) is 10.9 Å². The van der Waals surface area contributed by atoms with E-state index < -0.39 is 0 Å². The van der Waals surface area contributed by atoms with Crippen LogP contribution in [0.4, 0.5) is 5.69 Å². The van der Waals surface area contributed by atoms with Gasteiger partial charge in [-0.05, 0) is 29.3 Å². The first-order valence-corrected chi connectivity index (χ1v) is 10.3. The molecule has 152 valence electrons. The van der Waals surface area contributed by atoms with E-state index in [9.17, 15) is 10.1 Å². The van der Waals surface area contributed by atoms with Crippen LogP contribution >= 0.6 is 23.2 Å². The molecule has 29 heavy (non-hydrogen) atoms. The van der Waals surface area contributed by atoms with Crippen molar-refractivity contribution in [3.05, 3.63) is 73.9 Å². The molecule has 1 aromatic heterocycles. The number of benzene rings is 2. The van der Waals surface area contributed by atoms with Crippen molar-refractivity contribution in [2.24, 2.45) is 7.05 Å². The summed E-state index contributed by atoms with van der Waals surface area (Å²) in [6.45, 7) is 5.37. The Labute approximate surface area is 179 Å². The smallest absolute Gasteiger partial charge is 0.270 e. The lowest BCUT2D eigenvalue weighted by atomic mass is 10.1. The maximum atomic E-state index is 11.1. The first-order valence-electron chi connectivity index (χ1n) is 9.51. The zero-order chi connectivity index (χ0) is 20.5. The average Bonchev–Trinajstić information content (AvgIpc) is 3.00. The van der Waals surface area contributed by atoms with Crippen molar-refractivity contribution in [2.75, 3.05) is 26.2 Å². The highest BCUT2D eigenvalue weighted by atomic mass is 35.5. The van der Waals surface area contributed by atoms with Gasteiger partial charge in [0, 0.05) is 85.6 Å². The molecule has 2 heterocycles. The van der Waals surface area contributed by atoms with E-state index in [2.05, 4.69) is 16.0 Å². The van der Waals surface area contributed by atoms with Gasteiger partial charge in [-0.3, -0.25) is 19.9 Å². The van der Waals surface area contributed by atoms with Crippen LogP contribution in [-0.4, -0.2) is 45.5 Å². The summed E-state index contributed by atoms with van der Waals surface area (Å²) in [6, 6.07) is 10.7. The molecular weight excluding hydrogens is 411 g/mol. The van der Waals surface area contributed by atoms with Crippen molar-refractivity contribution in [1.29, 1.82) is 0 Å². The Hall–Kier alpha value is -2.12. The lowest BCUT2D eigenvalue weighted by Crippen LogP contribution is -2.45. The van der Waals surface area contributed by atoms with Gasteiger partial charge in [-0.15, -0.1) is 0 Å². The van der Waals surface area contributed by atoms with E-state index in [-0.39, 0.29) is 10.6 Å². The molecule has 4 rings (SSSR count). The SMILES string of the molecule is Cn1cc(CN2CCN(Cc3ccc(Cl)cc3Cl)CC2)c2cc([N+](=O)[O-])ccc21. The Morgan fingerprint density at radius 2 is 1.62 bits per heavy atom. The number of aryl methyl sites for hydroxylation is 1. The van der Waals surface area contributed by atoms with Crippen molar-refractivity contribution >= 4 is 39.8 Å². The predicted octanol–water partition coefficient (Wildman–Crippen LogP) is 4.71. The number of rotatable bonds is 5. The van der Waals surface area contributed by atoms with Crippen molar-refractivity contribution in [2.45, 2.75) is 13.1 Å². The van der Waals surface area contributed by atoms with Crippen molar-refractivity contribution in [3.63, 3.8) is 0 Å². The maximum absolute atomic E-state index is 11.1. The van der Waals surface area contributed by atoms with Crippen LogP contribution in [0.1, 0.15) is 11.1 Å². The van der Waals surface area contributed by atoms with Gasteiger partial charge in [0.15, 0.2) is 0 Å². The quantitative estimate of drug-likeness (QED) is 0.432. The molecule has 0 spiro atoms. The first kappa shape index (κ1) is 20.2. The van der Waals surface area contributed by atoms with E-state index in [0.717, 1.165) is 61.3 Å². The molecule has 2 aromatic carbocycles. The second kappa shape index (κ2) is 8.32.